The summed E-state index contributed by atoms with van der Waals surface area (Å²) in [5.41, 5.74) is 0.733. The van der Waals surface area contributed by atoms with Crippen LogP contribution in [0.25, 0.3) is 0 Å². The third-order valence-electron chi connectivity index (χ3n) is 2.24. The first-order chi connectivity index (χ1) is 8.66. The van der Waals surface area contributed by atoms with Crippen molar-refractivity contribution < 1.29 is 9.66 Å². The lowest BCUT2D eigenvalue weighted by Gasteiger charge is -2.06. The van der Waals surface area contributed by atoms with Crippen molar-refractivity contribution in [1.82, 2.24) is 4.98 Å². The van der Waals surface area contributed by atoms with E-state index in [1.165, 1.54) is 6.07 Å². The summed E-state index contributed by atoms with van der Waals surface area (Å²) in [5.74, 6) is 0.234. The summed E-state index contributed by atoms with van der Waals surface area (Å²) in [7, 11) is 0. The molecule has 0 spiro atoms. The van der Waals surface area contributed by atoms with E-state index in [-0.39, 0.29) is 18.0 Å². The zero-order chi connectivity index (χ0) is 13.0. The summed E-state index contributed by atoms with van der Waals surface area (Å²) in [6, 6.07) is 9.62. The van der Waals surface area contributed by atoms with Gasteiger partial charge in [0, 0.05) is 17.8 Å². The molecule has 2 aromatic rings. The van der Waals surface area contributed by atoms with Gasteiger partial charge in [-0.3, -0.25) is 10.1 Å². The smallest absolute Gasteiger partial charge is 0.310 e. The molecule has 0 aliphatic rings. The summed E-state index contributed by atoms with van der Waals surface area (Å²) in [6.07, 6.45) is 1.57. The third kappa shape index (κ3) is 2.95. The highest BCUT2D eigenvalue weighted by Gasteiger charge is 2.13. The number of aromatic nitrogens is 1. The third-order valence-corrected chi connectivity index (χ3v) is 2.47. The molecule has 0 aliphatic heterocycles. The summed E-state index contributed by atoms with van der Waals surface area (Å²) in [5, 5.41) is 11.2. The number of pyridine rings is 1. The Morgan fingerprint density at radius 3 is 2.72 bits per heavy atom. The second kappa shape index (κ2) is 5.46. The second-order valence-corrected chi connectivity index (χ2v) is 3.89. The summed E-state index contributed by atoms with van der Waals surface area (Å²) in [6.45, 7) is 0.203. The molecule has 18 heavy (non-hydrogen) atoms. The zero-order valence-electron chi connectivity index (χ0n) is 9.25. The van der Waals surface area contributed by atoms with E-state index in [0.717, 1.165) is 5.56 Å². The first kappa shape index (κ1) is 12.3. The predicted octanol–water partition coefficient (Wildman–Crippen LogP) is 3.22. The first-order valence-electron chi connectivity index (χ1n) is 5.13. The molecule has 5 nitrogen and oxygen atoms in total. The van der Waals surface area contributed by atoms with Gasteiger partial charge in [-0.2, -0.15) is 0 Å². The molecule has 6 heteroatoms. The van der Waals surface area contributed by atoms with Gasteiger partial charge in [0.25, 0.3) is 0 Å². The number of benzene rings is 1. The van der Waals surface area contributed by atoms with Crippen molar-refractivity contribution in [3.05, 3.63) is 63.4 Å². The number of nitro benzene ring substituents is 1. The minimum atomic E-state index is -0.477. The molecule has 0 bridgehead atoms. The van der Waals surface area contributed by atoms with Crippen LogP contribution in [0.4, 0.5) is 5.69 Å². The Balaban J connectivity index is 2.10. The molecule has 0 atom stereocenters. The lowest BCUT2D eigenvalue weighted by molar-refractivity contribution is -0.385. The number of rotatable bonds is 4. The largest absolute Gasteiger partial charge is 0.482 e. The Morgan fingerprint density at radius 2 is 2.06 bits per heavy atom. The molecule has 0 unspecified atom stereocenters. The fourth-order valence-electron chi connectivity index (χ4n) is 1.38. The van der Waals surface area contributed by atoms with Crippen LogP contribution in [0.1, 0.15) is 5.56 Å². The van der Waals surface area contributed by atoms with Gasteiger partial charge in [0.2, 0.25) is 0 Å². The molecular formula is C12H9ClN2O3. The van der Waals surface area contributed by atoms with E-state index >= 15 is 0 Å². The van der Waals surface area contributed by atoms with Crippen LogP contribution in [0.5, 0.6) is 5.75 Å². The van der Waals surface area contributed by atoms with Crippen molar-refractivity contribution in [2.75, 3.05) is 0 Å². The Hall–Kier alpha value is -2.14. The second-order valence-electron chi connectivity index (χ2n) is 3.50. The van der Waals surface area contributed by atoms with Gasteiger partial charge < -0.3 is 4.74 Å². The number of halogens is 1. The predicted molar refractivity (Wildman–Crippen MR) is 66.7 cm³/mol. The van der Waals surface area contributed by atoms with Crippen molar-refractivity contribution in [2.45, 2.75) is 6.61 Å². The van der Waals surface area contributed by atoms with Crippen LogP contribution in [0.15, 0.2) is 42.6 Å². The molecule has 1 aromatic heterocycles. The maximum absolute atomic E-state index is 10.8. The molecule has 0 fully saturated rings. The molecular weight excluding hydrogens is 256 g/mol. The maximum Gasteiger partial charge on any atom is 0.310 e. The van der Waals surface area contributed by atoms with Crippen LogP contribution < -0.4 is 4.74 Å². The van der Waals surface area contributed by atoms with Crippen LogP contribution in [0.2, 0.25) is 5.15 Å². The van der Waals surface area contributed by atoms with Gasteiger partial charge in [0.1, 0.15) is 11.8 Å². The van der Waals surface area contributed by atoms with Crippen molar-refractivity contribution in [2.24, 2.45) is 0 Å². The SMILES string of the molecule is O=[N+]([O-])c1ccccc1OCc1ccc(Cl)nc1. The van der Waals surface area contributed by atoms with Crippen molar-refractivity contribution in [3.63, 3.8) is 0 Å². The average molecular weight is 265 g/mol. The lowest BCUT2D eigenvalue weighted by atomic mass is 10.3. The molecule has 1 aromatic carbocycles. The molecule has 0 saturated carbocycles. The number of nitrogens with zero attached hydrogens (tertiary/aromatic N) is 2. The normalized spacial score (nSPS) is 10.1. The summed E-state index contributed by atoms with van der Waals surface area (Å²) < 4.78 is 5.40. The van der Waals surface area contributed by atoms with Crippen molar-refractivity contribution in [1.29, 1.82) is 0 Å². The fraction of sp³-hybridized carbons (Fsp3) is 0.0833. The highest BCUT2D eigenvalue weighted by molar-refractivity contribution is 6.29. The monoisotopic (exact) mass is 264 g/mol. The Morgan fingerprint density at radius 1 is 1.28 bits per heavy atom. The maximum atomic E-state index is 10.8. The average Bonchev–Trinajstić information content (AvgIpc) is 2.38. The number of ether oxygens (including phenoxy) is 1. The van der Waals surface area contributed by atoms with E-state index in [1.807, 2.05) is 0 Å². The van der Waals surface area contributed by atoms with Crippen molar-refractivity contribution in [3.8, 4) is 5.75 Å². The van der Waals surface area contributed by atoms with Crippen LogP contribution in [0.3, 0.4) is 0 Å². The molecule has 2 rings (SSSR count). The number of hydrogen-bond donors (Lipinski definition) is 0. The van der Waals surface area contributed by atoms with Gasteiger partial charge in [-0.25, -0.2) is 4.98 Å². The Labute approximate surface area is 108 Å². The Kier molecular flexibility index (Phi) is 3.74. The van der Waals surface area contributed by atoms with E-state index in [4.69, 9.17) is 16.3 Å². The number of nitro groups is 1. The van der Waals surface area contributed by atoms with Gasteiger partial charge >= 0.3 is 5.69 Å². The van der Waals surface area contributed by atoms with Crippen molar-refractivity contribution >= 4 is 17.3 Å². The molecule has 0 N–H and O–H groups in total. The lowest BCUT2D eigenvalue weighted by Crippen LogP contribution is -1.99. The number of hydrogen-bond acceptors (Lipinski definition) is 4. The van der Waals surface area contributed by atoms with Crippen LogP contribution in [-0.2, 0) is 6.61 Å². The minimum Gasteiger partial charge on any atom is -0.482 e. The van der Waals surface area contributed by atoms with E-state index in [1.54, 1.807) is 36.5 Å². The first-order valence-corrected chi connectivity index (χ1v) is 5.51. The highest BCUT2D eigenvalue weighted by Crippen LogP contribution is 2.26. The van der Waals surface area contributed by atoms with Crippen LogP contribution >= 0.6 is 11.6 Å². The standard InChI is InChI=1S/C12H9ClN2O3/c13-12-6-5-9(7-14-12)8-18-11-4-2-1-3-10(11)15(16)17/h1-7H,8H2. The molecule has 0 radical (unpaired) electrons. The van der Waals surface area contributed by atoms with E-state index in [9.17, 15) is 10.1 Å². The van der Waals surface area contributed by atoms with E-state index < -0.39 is 4.92 Å². The van der Waals surface area contributed by atoms with Gasteiger partial charge in [0.15, 0.2) is 5.75 Å². The molecule has 0 saturated heterocycles. The van der Waals surface area contributed by atoms with Crippen LogP contribution in [-0.4, -0.2) is 9.91 Å². The van der Waals surface area contributed by atoms with Crippen LogP contribution in [0, 0.1) is 10.1 Å². The molecule has 0 aliphatic carbocycles. The zero-order valence-corrected chi connectivity index (χ0v) is 10.0. The fourth-order valence-corrected chi connectivity index (χ4v) is 1.49. The summed E-state index contributed by atoms with van der Waals surface area (Å²) >= 11 is 5.65. The number of para-hydroxylation sites is 2. The molecule has 1 heterocycles. The molecule has 0 amide bonds. The van der Waals surface area contributed by atoms with Gasteiger partial charge in [-0.05, 0) is 12.1 Å². The van der Waals surface area contributed by atoms with Gasteiger partial charge in [0.05, 0.1) is 4.92 Å². The topological polar surface area (TPSA) is 65.3 Å². The molecule has 92 valence electrons. The van der Waals surface area contributed by atoms with Gasteiger partial charge in [-0.15, -0.1) is 0 Å². The van der Waals surface area contributed by atoms with E-state index in [0.29, 0.717) is 5.15 Å². The van der Waals surface area contributed by atoms with E-state index in [2.05, 4.69) is 4.98 Å². The summed E-state index contributed by atoms with van der Waals surface area (Å²) in [4.78, 5) is 14.2. The quantitative estimate of drug-likeness (QED) is 0.483. The highest BCUT2D eigenvalue weighted by atomic mass is 35.5. The minimum absolute atomic E-state index is 0.0561. The van der Waals surface area contributed by atoms with Gasteiger partial charge in [-0.1, -0.05) is 29.8 Å². The Bertz CT molecular complexity index is 558.